The van der Waals surface area contributed by atoms with E-state index in [1.165, 1.54) is 0 Å². The van der Waals surface area contributed by atoms with Crippen molar-refractivity contribution >= 4 is 35.7 Å². The number of rotatable bonds is 6. The number of ether oxygens (including phenoxy) is 3. The lowest BCUT2D eigenvalue weighted by atomic mass is 9.89. The number of nitrogens with zero attached hydrogens (tertiary/aromatic N) is 1. The fourth-order valence-electron chi connectivity index (χ4n) is 3.50. The number of anilines is 1. The summed E-state index contributed by atoms with van der Waals surface area (Å²) in [5.41, 5.74) is 7.14. The van der Waals surface area contributed by atoms with Crippen molar-refractivity contribution in [2.45, 2.75) is 25.4 Å². The lowest BCUT2D eigenvalue weighted by Gasteiger charge is -2.33. The summed E-state index contributed by atoms with van der Waals surface area (Å²) in [5, 5.41) is 9.52. The number of carboxylic acid groups (broad SMARTS) is 1. The Kier molecular flexibility index (Phi) is 7.85. The van der Waals surface area contributed by atoms with Gasteiger partial charge in [-0.3, -0.25) is 0 Å². The molecule has 1 saturated heterocycles. The van der Waals surface area contributed by atoms with E-state index in [0.717, 1.165) is 51.1 Å². The average Bonchev–Trinajstić information content (AvgIpc) is 2.65. The van der Waals surface area contributed by atoms with Crippen molar-refractivity contribution in [3.05, 3.63) is 16.7 Å². The molecule has 0 saturated carbocycles. The molecule has 9 heteroatoms. The van der Waals surface area contributed by atoms with Gasteiger partial charge < -0.3 is 30.0 Å². The van der Waals surface area contributed by atoms with E-state index in [2.05, 4.69) is 4.90 Å². The van der Waals surface area contributed by atoms with Gasteiger partial charge >= 0.3 is 5.97 Å². The highest BCUT2D eigenvalue weighted by atomic mass is 35.5. The molecule has 27 heavy (non-hydrogen) atoms. The Morgan fingerprint density at radius 2 is 2.11 bits per heavy atom. The quantitative estimate of drug-likeness (QED) is 0.682. The molecule has 1 aromatic rings. The van der Waals surface area contributed by atoms with Crippen LogP contribution in [0, 0.1) is 5.92 Å². The number of halogens is 2. The summed E-state index contributed by atoms with van der Waals surface area (Å²) in [4.78, 5) is 13.6. The zero-order valence-electron chi connectivity index (χ0n) is 15.3. The topological polar surface area (TPSA) is 94.2 Å². The van der Waals surface area contributed by atoms with E-state index in [-0.39, 0.29) is 30.5 Å². The predicted octanol–water partition coefficient (Wildman–Crippen LogP) is 2.47. The zero-order chi connectivity index (χ0) is 18.7. The van der Waals surface area contributed by atoms with Gasteiger partial charge in [-0.2, -0.15) is 0 Å². The van der Waals surface area contributed by atoms with Crippen LogP contribution in [0.1, 0.15) is 18.4 Å². The third-order valence-electron chi connectivity index (χ3n) is 5.04. The number of fused-ring (bicyclic) bond motifs is 1. The van der Waals surface area contributed by atoms with Crippen LogP contribution in [-0.4, -0.2) is 62.0 Å². The Balaban J connectivity index is 0.00000261. The number of hydrogen-bond donors (Lipinski definition) is 2. The number of carboxylic acids is 1. The number of nitrogen functional groups attached to an aromatic ring is 1. The van der Waals surface area contributed by atoms with Gasteiger partial charge in [0.05, 0.1) is 17.3 Å². The Labute approximate surface area is 170 Å². The predicted molar refractivity (Wildman–Crippen MR) is 105 cm³/mol. The minimum Gasteiger partial charge on any atom is -0.485 e. The smallest absolute Gasteiger partial charge is 0.348 e. The first kappa shape index (κ1) is 21.9. The monoisotopic (exact) mass is 420 g/mol. The van der Waals surface area contributed by atoms with Crippen molar-refractivity contribution in [1.29, 1.82) is 0 Å². The van der Waals surface area contributed by atoms with E-state index >= 15 is 0 Å². The third kappa shape index (κ3) is 5.10. The molecular formula is C18H26Cl2N2O5. The standard InChI is InChI=1S/C18H25ClN2O5.ClH/c1-24-7-6-21-4-2-11(3-5-21)8-12-9-13(19)15(20)17-16(12)25-10-14(26-17)18(22)23;/h9,11,14H,2-8,10,20H2,1H3,(H,22,23);1H. The molecule has 2 heterocycles. The lowest BCUT2D eigenvalue weighted by molar-refractivity contribution is -0.147. The van der Waals surface area contributed by atoms with E-state index in [1.807, 2.05) is 6.07 Å². The number of piperidine rings is 1. The Hall–Kier alpha value is -1.41. The average molecular weight is 421 g/mol. The third-order valence-corrected chi connectivity index (χ3v) is 5.36. The van der Waals surface area contributed by atoms with E-state index < -0.39 is 12.1 Å². The van der Waals surface area contributed by atoms with Crippen LogP contribution in [0.25, 0.3) is 0 Å². The second-order valence-electron chi connectivity index (χ2n) is 6.83. The number of likely N-dealkylation sites (tertiary alicyclic amines) is 1. The molecule has 1 unspecified atom stereocenters. The van der Waals surface area contributed by atoms with Gasteiger partial charge in [-0.1, -0.05) is 11.6 Å². The van der Waals surface area contributed by atoms with Crippen LogP contribution in [-0.2, 0) is 16.0 Å². The number of nitrogens with two attached hydrogens (primary N) is 1. The molecule has 3 N–H and O–H groups in total. The van der Waals surface area contributed by atoms with E-state index in [0.29, 0.717) is 16.7 Å². The molecule has 0 aromatic heterocycles. The van der Waals surface area contributed by atoms with Crippen LogP contribution in [0.2, 0.25) is 5.02 Å². The van der Waals surface area contributed by atoms with Gasteiger partial charge in [0.1, 0.15) is 6.61 Å². The lowest BCUT2D eigenvalue weighted by Crippen LogP contribution is -2.37. The Morgan fingerprint density at radius 1 is 1.41 bits per heavy atom. The zero-order valence-corrected chi connectivity index (χ0v) is 16.9. The van der Waals surface area contributed by atoms with Gasteiger partial charge in [0.25, 0.3) is 0 Å². The fraction of sp³-hybridized carbons (Fsp3) is 0.611. The first-order chi connectivity index (χ1) is 12.5. The molecule has 152 valence electrons. The molecule has 0 radical (unpaired) electrons. The molecule has 7 nitrogen and oxygen atoms in total. The van der Waals surface area contributed by atoms with Gasteiger partial charge in [-0.05, 0) is 49.9 Å². The van der Waals surface area contributed by atoms with Crippen molar-refractivity contribution in [2.24, 2.45) is 5.92 Å². The Morgan fingerprint density at radius 3 is 2.74 bits per heavy atom. The number of methoxy groups -OCH3 is 1. The normalized spacial score (nSPS) is 20.1. The highest BCUT2D eigenvalue weighted by Gasteiger charge is 2.32. The van der Waals surface area contributed by atoms with Crippen molar-refractivity contribution in [3.63, 3.8) is 0 Å². The molecule has 3 rings (SSSR count). The SMILES string of the molecule is COCCN1CCC(Cc2cc(Cl)c(N)c3c2OCC(C(=O)O)O3)CC1.Cl. The summed E-state index contributed by atoms with van der Waals surface area (Å²) in [7, 11) is 1.72. The van der Waals surface area contributed by atoms with Gasteiger partial charge in [-0.25, -0.2) is 4.79 Å². The number of hydrogen-bond acceptors (Lipinski definition) is 6. The summed E-state index contributed by atoms with van der Waals surface area (Å²) >= 11 is 6.25. The summed E-state index contributed by atoms with van der Waals surface area (Å²) in [6.07, 6.45) is 1.90. The minimum absolute atomic E-state index is 0. The van der Waals surface area contributed by atoms with E-state index in [1.54, 1.807) is 7.11 Å². The molecular weight excluding hydrogens is 395 g/mol. The highest BCUT2D eigenvalue weighted by Crippen LogP contribution is 2.45. The maximum absolute atomic E-state index is 11.2. The number of carbonyl (C=O) groups is 1. The number of aliphatic carboxylic acids is 1. The Bertz CT molecular complexity index is 666. The second kappa shape index (κ2) is 9.68. The van der Waals surface area contributed by atoms with Crippen LogP contribution in [0.3, 0.4) is 0 Å². The van der Waals surface area contributed by atoms with Crippen molar-refractivity contribution in [1.82, 2.24) is 4.90 Å². The summed E-state index contributed by atoms with van der Waals surface area (Å²) in [6, 6.07) is 1.82. The summed E-state index contributed by atoms with van der Waals surface area (Å²) < 4.78 is 16.4. The van der Waals surface area contributed by atoms with Crippen LogP contribution < -0.4 is 15.2 Å². The number of benzene rings is 1. The van der Waals surface area contributed by atoms with E-state index in [4.69, 9.17) is 36.7 Å². The highest BCUT2D eigenvalue weighted by molar-refractivity contribution is 6.33. The first-order valence-corrected chi connectivity index (χ1v) is 9.21. The van der Waals surface area contributed by atoms with Crippen molar-refractivity contribution in [2.75, 3.05) is 45.7 Å². The molecule has 1 atom stereocenters. The van der Waals surface area contributed by atoms with Gasteiger partial charge in [0.15, 0.2) is 11.5 Å². The summed E-state index contributed by atoms with van der Waals surface area (Å²) in [5.74, 6) is 0.216. The minimum atomic E-state index is -1.08. The van der Waals surface area contributed by atoms with Crippen molar-refractivity contribution < 1.29 is 24.1 Å². The maximum Gasteiger partial charge on any atom is 0.348 e. The van der Waals surface area contributed by atoms with Crippen molar-refractivity contribution in [3.8, 4) is 11.5 Å². The van der Waals surface area contributed by atoms with Crippen LogP contribution >= 0.6 is 24.0 Å². The maximum atomic E-state index is 11.2. The molecule has 1 aromatic carbocycles. The summed E-state index contributed by atoms with van der Waals surface area (Å²) in [6.45, 7) is 3.75. The second-order valence-corrected chi connectivity index (χ2v) is 7.23. The van der Waals surface area contributed by atoms with Crippen LogP contribution in [0.15, 0.2) is 6.07 Å². The van der Waals surface area contributed by atoms with Crippen LogP contribution in [0.5, 0.6) is 11.5 Å². The molecule has 2 aliphatic rings. The van der Waals surface area contributed by atoms with Gasteiger partial charge in [0.2, 0.25) is 6.10 Å². The fourth-order valence-corrected chi connectivity index (χ4v) is 3.72. The van der Waals surface area contributed by atoms with E-state index in [9.17, 15) is 4.79 Å². The molecule has 0 amide bonds. The largest absolute Gasteiger partial charge is 0.485 e. The molecule has 1 fully saturated rings. The molecule has 0 aliphatic carbocycles. The molecule has 0 bridgehead atoms. The van der Waals surface area contributed by atoms with Gasteiger partial charge in [0, 0.05) is 13.7 Å². The molecule has 0 spiro atoms. The first-order valence-electron chi connectivity index (χ1n) is 8.84. The molecule has 2 aliphatic heterocycles. The van der Waals surface area contributed by atoms with Gasteiger partial charge in [-0.15, -0.1) is 12.4 Å². The van der Waals surface area contributed by atoms with Crippen LogP contribution in [0.4, 0.5) is 5.69 Å².